The van der Waals surface area contributed by atoms with Gasteiger partial charge in [-0.25, -0.2) is 14.0 Å². The smallest absolute Gasteiger partial charge is 0.394 e. The number of allylic oxidation sites excluding steroid dienone is 1. The highest BCUT2D eigenvalue weighted by Crippen LogP contribution is 2.29. The molecule has 0 saturated carbocycles. The molecule has 3 rings (SSSR count). The number of hydrogen-bond acceptors (Lipinski definition) is 4. The average molecular weight is 536 g/mol. The summed E-state index contributed by atoms with van der Waals surface area (Å²) in [6.45, 7) is -1.17. The zero-order valence-corrected chi connectivity index (χ0v) is 19.3. The van der Waals surface area contributed by atoms with Crippen LogP contribution in [0.5, 0.6) is 0 Å². The van der Waals surface area contributed by atoms with Crippen LogP contribution >= 0.6 is 34.8 Å². The van der Waals surface area contributed by atoms with Gasteiger partial charge < -0.3 is 10.4 Å². The van der Waals surface area contributed by atoms with Crippen molar-refractivity contribution in [3.63, 3.8) is 0 Å². The van der Waals surface area contributed by atoms with E-state index in [0.29, 0.717) is 31.6 Å². The fraction of sp³-hybridized carbons (Fsp3) is 0.190. The van der Waals surface area contributed by atoms with E-state index in [4.69, 9.17) is 34.8 Å². The number of hydrogen-bond donors (Lipinski definition) is 2. The largest absolute Gasteiger partial charge is 0.411 e. The van der Waals surface area contributed by atoms with Gasteiger partial charge in [-0.05, 0) is 35.9 Å². The molecule has 0 saturated heterocycles. The molecule has 0 fully saturated rings. The first-order chi connectivity index (χ1) is 16.0. The SMILES string of the molecule is O=C(Cn1nc(-c2ccc(Cl)cc2)n(/C=C/C(F)(F)F)c1=O)NC(CO)c1cccc(Cl)c1Cl. The molecule has 1 amide bonds. The van der Waals surface area contributed by atoms with Gasteiger partial charge in [0.25, 0.3) is 0 Å². The highest BCUT2D eigenvalue weighted by atomic mass is 35.5. The average Bonchev–Trinajstić information content (AvgIpc) is 3.08. The summed E-state index contributed by atoms with van der Waals surface area (Å²) < 4.78 is 39.6. The van der Waals surface area contributed by atoms with Gasteiger partial charge in [0.2, 0.25) is 5.91 Å². The zero-order chi connectivity index (χ0) is 25.0. The summed E-state index contributed by atoms with van der Waals surface area (Å²) in [4.78, 5) is 25.4. The number of alkyl halides is 3. The third kappa shape index (κ3) is 6.20. The van der Waals surface area contributed by atoms with Crippen LogP contribution in [0.2, 0.25) is 15.1 Å². The number of nitrogens with one attached hydrogen (secondary N) is 1. The number of carbonyl (C=O) groups is 1. The molecule has 2 N–H and O–H groups in total. The highest BCUT2D eigenvalue weighted by molar-refractivity contribution is 6.42. The van der Waals surface area contributed by atoms with Crippen molar-refractivity contribution >= 4 is 46.9 Å². The Morgan fingerprint density at radius 2 is 1.82 bits per heavy atom. The second-order valence-corrected chi connectivity index (χ2v) is 8.17. The molecule has 0 aliphatic carbocycles. The molecule has 1 atom stereocenters. The van der Waals surface area contributed by atoms with E-state index in [0.717, 1.165) is 0 Å². The Bertz CT molecular complexity index is 1270. The zero-order valence-electron chi connectivity index (χ0n) is 17.1. The Balaban J connectivity index is 1.92. The summed E-state index contributed by atoms with van der Waals surface area (Å²) in [6.07, 6.45) is -4.28. The van der Waals surface area contributed by atoms with Gasteiger partial charge in [-0.15, -0.1) is 5.10 Å². The predicted octanol–water partition coefficient (Wildman–Crippen LogP) is 4.55. The van der Waals surface area contributed by atoms with Crippen molar-refractivity contribution in [1.82, 2.24) is 19.7 Å². The fourth-order valence-electron chi connectivity index (χ4n) is 3.00. The minimum absolute atomic E-state index is 0.122. The van der Waals surface area contributed by atoms with E-state index in [9.17, 15) is 27.9 Å². The fourth-order valence-corrected chi connectivity index (χ4v) is 3.57. The van der Waals surface area contributed by atoms with Crippen molar-refractivity contribution in [3.8, 4) is 11.4 Å². The summed E-state index contributed by atoms with van der Waals surface area (Å²) in [6, 6.07) is 9.61. The van der Waals surface area contributed by atoms with Crippen LogP contribution in [0.4, 0.5) is 13.2 Å². The molecule has 1 heterocycles. The van der Waals surface area contributed by atoms with Crippen molar-refractivity contribution in [2.24, 2.45) is 0 Å². The van der Waals surface area contributed by atoms with E-state index in [-0.39, 0.29) is 21.9 Å². The van der Waals surface area contributed by atoms with Crippen LogP contribution in [0, 0.1) is 0 Å². The molecule has 1 aromatic heterocycles. The van der Waals surface area contributed by atoms with Gasteiger partial charge in [-0.3, -0.25) is 4.79 Å². The van der Waals surface area contributed by atoms with Crippen molar-refractivity contribution < 1.29 is 23.1 Å². The molecule has 2 aromatic carbocycles. The molecule has 0 radical (unpaired) electrons. The Hall–Kier alpha value is -2.79. The second-order valence-electron chi connectivity index (χ2n) is 6.94. The van der Waals surface area contributed by atoms with E-state index in [1.807, 2.05) is 0 Å². The van der Waals surface area contributed by atoms with Crippen molar-refractivity contribution in [3.05, 3.63) is 79.7 Å². The first-order valence-corrected chi connectivity index (χ1v) is 10.7. The van der Waals surface area contributed by atoms with E-state index < -0.39 is 37.0 Å². The van der Waals surface area contributed by atoms with Crippen LogP contribution in [0.15, 0.2) is 53.3 Å². The molecule has 0 aliphatic rings. The first-order valence-electron chi connectivity index (χ1n) is 9.55. The molecule has 1 unspecified atom stereocenters. The van der Waals surface area contributed by atoms with Gasteiger partial charge in [-0.2, -0.15) is 13.2 Å². The van der Waals surface area contributed by atoms with Gasteiger partial charge in [0.15, 0.2) is 5.82 Å². The standard InChI is InChI=1S/C21H16Cl3F3N4O3/c22-13-6-4-12(5-7-13)19-29-31(20(34)30(19)9-8-21(25,26)27)10-17(33)28-16(11-32)14-2-1-3-15(23)18(14)24/h1-9,16,32H,10-11H2,(H,28,33)/b9-8+. The van der Waals surface area contributed by atoms with Gasteiger partial charge >= 0.3 is 11.9 Å². The summed E-state index contributed by atoms with van der Waals surface area (Å²) in [5.41, 5.74) is -0.341. The Morgan fingerprint density at radius 1 is 1.15 bits per heavy atom. The molecular weight excluding hydrogens is 520 g/mol. The van der Waals surface area contributed by atoms with E-state index in [1.165, 1.54) is 30.3 Å². The third-order valence-corrected chi connectivity index (χ3v) is 5.64. The lowest BCUT2D eigenvalue weighted by Gasteiger charge is -2.18. The maximum absolute atomic E-state index is 12.8. The van der Waals surface area contributed by atoms with Gasteiger partial charge in [0.1, 0.15) is 6.54 Å². The van der Waals surface area contributed by atoms with Crippen LogP contribution in [0.1, 0.15) is 11.6 Å². The lowest BCUT2D eigenvalue weighted by molar-refractivity contribution is -0.123. The number of benzene rings is 2. The lowest BCUT2D eigenvalue weighted by Crippen LogP contribution is -2.36. The van der Waals surface area contributed by atoms with Crippen LogP contribution < -0.4 is 11.0 Å². The number of rotatable bonds is 7. The first kappa shape index (κ1) is 25.8. The minimum atomic E-state index is -4.68. The highest BCUT2D eigenvalue weighted by Gasteiger charge is 2.24. The molecule has 7 nitrogen and oxygen atoms in total. The molecule has 3 aromatic rings. The minimum Gasteiger partial charge on any atom is -0.394 e. The molecule has 34 heavy (non-hydrogen) atoms. The Labute approximate surface area is 206 Å². The van der Waals surface area contributed by atoms with E-state index >= 15 is 0 Å². The van der Waals surface area contributed by atoms with Gasteiger partial charge in [-0.1, -0.05) is 46.9 Å². The molecule has 0 aliphatic heterocycles. The number of aliphatic hydroxyl groups is 1. The number of halogens is 6. The Kier molecular flexibility index (Phi) is 8.09. The Morgan fingerprint density at radius 3 is 2.44 bits per heavy atom. The lowest BCUT2D eigenvalue weighted by atomic mass is 10.1. The third-order valence-electron chi connectivity index (χ3n) is 4.55. The van der Waals surface area contributed by atoms with Crippen LogP contribution in [0.3, 0.4) is 0 Å². The topological polar surface area (TPSA) is 89.2 Å². The summed E-state index contributed by atoms with van der Waals surface area (Å²) in [7, 11) is 0. The number of carbonyl (C=O) groups excluding carboxylic acids is 1. The number of amides is 1. The summed E-state index contributed by atoms with van der Waals surface area (Å²) >= 11 is 18.0. The second kappa shape index (κ2) is 10.6. The summed E-state index contributed by atoms with van der Waals surface area (Å²) in [5.74, 6) is -0.879. The molecule has 0 bridgehead atoms. The van der Waals surface area contributed by atoms with Crippen molar-refractivity contribution in [1.29, 1.82) is 0 Å². The van der Waals surface area contributed by atoms with Gasteiger partial charge in [0.05, 0.1) is 22.7 Å². The van der Waals surface area contributed by atoms with Crippen molar-refractivity contribution in [2.45, 2.75) is 18.8 Å². The molecule has 13 heteroatoms. The normalized spacial score (nSPS) is 12.8. The van der Waals surface area contributed by atoms with Crippen LogP contribution in [-0.4, -0.2) is 38.1 Å². The monoisotopic (exact) mass is 534 g/mol. The predicted molar refractivity (Wildman–Crippen MR) is 123 cm³/mol. The van der Waals surface area contributed by atoms with E-state index in [2.05, 4.69) is 10.4 Å². The van der Waals surface area contributed by atoms with Gasteiger partial charge in [0, 0.05) is 22.9 Å². The van der Waals surface area contributed by atoms with Crippen molar-refractivity contribution in [2.75, 3.05) is 6.61 Å². The van der Waals surface area contributed by atoms with E-state index in [1.54, 1.807) is 12.1 Å². The molecule has 0 spiro atoms. The molecule has 180 valence electrons. The maximum Gasteiger partial charge on any atom is 0.411 e. The number of nitrogens with zero attached hydrogens (tertiary/aromatic N) is 3. The number of aromatic nitrogens is 3. The van der Waals surface area contributed by atoms with Crippen LogP contribution in [-0.2, 0) is 11.3 Å². The maximum atomic E-state index is 12.8. The van der Waals surface area contributed by atoms with Crippen LogP contribution in [0.25, 0.3) is 17.6 Å². The number of aliphatic hydroxyl groups excluding tert-OH is 1. The summed E-state index contributed by atoms with van der Waals surface area (Å²) in [5, 5.41) is 16.9. The quantitative estimate of drug-likeness (QED) is 0.464. The molecular formula is C21H16Cl3F3N4O3.